The third-order valence-corrected chi connectivity index (χ3v) is 5.01. The molecule has 0 N–H and O–H groups in total. The fourth-order valence-electron chi connectivity index (χ4n) is 2.63. The summed E-state index contributed by atoms with van der Waals surface area (Å²) in [6.45, 7) is 6.79. The standard InChI is InChI=1S/C18H21NSi.2C5H5.Zr/c1-20(2,3)19-18(17-12-8-5-9-13-17)15-14-16-10-6-4-7-11-16;2*1-2-4-5-3-1;/h4-13,15,18H,1-3H3;2*1-5H;/q-2;;;+2. The van der Waals surface area contributed by atoms with E-state index < -0.39 is 8.24 Å². The zero-order valence-corrected chi connectivity index (χ0v) is 22.1. The second-order valence-electron chi connectivity index (χ2n) is 7.76. The summed E-state index contributed by atoms with van der Waals surface area (Å²) >= 11 is 0. The Bertz CT molecular complexity index is 661. The second-order valence-corrected chi connectivity index (χ2v) is 12.4. The van der Waals surface area contributed by atoms with Crippen molar-refractivity contribution in [3.63, 3.8) is 0 Å². The van der Waals surface area contributed by atoms with E-state index in [4.69, 9.17) is 4.98 Å². The minimum Gasteiger partial charge on any atom is -0.656 e. The van der Waals surface area contributed by atoms with E-state index >= 15 is 0 Å². The number of rotatable bonds is 5. The van der Waals surface area contributed by atoms with Crippen LogP contribution in [0.3, 0.4) is 0 Å². The van der Waals surface area contributed by atoms with Gasteiger partial charge in [0.25, 0.3) is 0 Å². The summed E-state index contributed by atoms with van der Waals surface area (Å²) in [6, 6.07) is 20.8. The normalized spacial score (nSPS) is 16.5. The van der Waals surface area contributed by atoms with Gasteiger partial charge in [0.1, 0.15) is 0 Å². The van der Waals surface area contributed by atoms with Crippen LogP contribution in [0.4, 0.5) is 0 Å². The van der Waals surface area contributed by atoms with Crippen molar-refractivity contribution in [2.45, 2.75) is 25.7 Å². The first kappa shape index (κ1) is 28.3. The van der Waals surface area contributed by atoms with Gasteiger partial charge >= 0.3 is 26.2 Å². The monoisotopic (exact) mass is 499 g/mol. The van der Waals surface area contributed by atoms with Crippen LogP contribution in [-0.2, 0) is 26.2 Å². The smallest absolute Gasteiger partial charge is 0.656 e. The van der Waals surface area contributed by atoms with Crippen molar-refractivity contribution in [1.29, 1.82) is 0 Å². The summed E-state index contributed by atoms with van der Waals surface area (Å²) in [4.78, 5) is 5.02. The molecular formula is C28H31NSiZr. The fourth-order valence-corrected chi connectivity index (χ4v) is 3.68. The van der Waals surface area contributed by atoms with Gasteiger partial charge in [-0.3, -0.25) is 0 Å². The van der Waals surface area contributed by atoms with Gasteiger partial charge in [-0.05, 0) is 64.2 Å². The summed E-state index contributed by atoms with van der Waals surface area (Å²) in [5, 5.41) is 0. The molecule has 2 aromatic carbocycles. The van der Waals surface area contributed by atoms with E-state index in [-0.39, 0.29) is 32.2 Å². The Morgan fingerprint density at radius 3 is 1.42 bits per heavy atom. The molecule has 0 bridgehead atoms. The summed E-state index contributed by atoms with van der Waals surface area (Å²) < 4.78 is 0. The van der Waals surface area contributed by atoms with Crippen LogP contribution in [0.2, 0.25) is 19.6 Å². The fraction of sp³-hybridized carbons (Fsp3) is 0.143. The van der Waals surface area contributed by atoms with Gasteiger partial charge in [0.05, 0.1) is 0 Å². The van der Waals surface area contributed by atoms with Crippen LogP contribution in [0.15, 0.2) is 66.7 Å². The van der Waals surface area contributed by atoms with Crippen LogP contribution >= 0.6 is 0 Å². The number of hydrogen-bond acceptors (Lipinski definition) is 0. The minimum atomic E-state index is -1.49. The predicted octanol–water partition coefficient (Wildman–Crippen LogP) is 7.38. The molecule has 2 aliphatic rings. The van der Waals surface area contributed by atoms with Crippen molar-refractivity contribution < 1.29 is 26.2 Å². The minimum absolute atomic E-state index is 0. The van der Waals surface area contributed by atoms with Gasteiger partial charge in [0.15, 0.2) is 0 Å². The van der Waals surface area contributed by atoms with Gasteiger partial charge in [-0.2, -0.15) is 29.8 Å². The van der Waals surface area contributed by atoms with Crippen molar-refractivity contribution in [2.24, 2.45) is 0 Å². The molecule has 2 aliphatic carbocycles. The molecule has 0 saturated heterocycles. The third kappa shape index (κ3) is 14.1. The molecule has 0 heterocycles. The summed E-state index contributed by atoms with van der Waals surface area (Å²) in [7, 11) is -1.49. The Labute approximate surface area is 212 Å². The van der Waals surface area contributed by atoms with Gasteiger partial charge in [-0.15, -0.1) is 18.2 Å². The first-order valence-electron chi connectivity index (χ1n) is 10.3. The van der Waals surface area contributed by atoms with Crippen molar-refractivity contribution in [2.75, 3.05) is 0 Å². The van der Waals surface area contributed by atoms with E-state index in [1.54, 1.807) is 0 Å². The van der Waals surface area contributed by atoms with E-state index in [1.165, 1.54) is 5.56 Å². The van der Waals surface area contributed by atoms with E-state index in [9.17, 15) is 0 Å². The van der Waals surface area contributed by atoms with Gasteiger partial charge in [0.2, 0.25) is 0 Å². The Morgan fingerprint density at radius 2 is 1.03 bits per heavy atom. The zero-order valence-electron chi connectivity index (χ0n) is 18.6. The Balaban J connectivity index is 0.000000356. The molecule has 2 fully saturated rings. The molecule has 0 aliphatic heterocycles. The topological polar surface area (TPSA) is 14.1 Å². The SMILES string of the molecule is C[Si](C)(C)[N-]C(C=[C-]c1ccccc1)c1ccccc1.[CH]1[CH][CH][CH][CH]1.[CH]1[CH][CH][CH][CH]1.[Zr+2]. The van der Waals surface area contributed by atoms with Gasteiger partial charge in [-0.1, -0.05) is 69.8 Å². The van der Waals surface area contributed by atoms with E-state index in [0.29, 0.717) is 0 Å². The van der Waals surface area contributed by atoms with E-state index in [2.05, 4.69) is 68.2 Å². The largest absolute Gasteiger partial charge is 2.00 e. The molecule has 2 saturated carbocycles. The molecule has 10 radical (unpaired) electrons. The third-order valence-electron chi connectivity index (χ3n) is 3.96. The molecule has 0 aromatic heterocycles. The van der Waals surface area contributed by atoms with E-state index in [0.717, 1.165) is 5.56 Å². The summed E-state index contributed by atoms with van der Waals surface area (Å²) in [6.07, 6.45) is 25.5. The summed E-state index contributed by atoms with van der Waals surface area (Å²) in [5.41, 5.74) is 2.33. The summed E-state index contributed by atoms with van der Waals surface area (Å²) in [5.74, 6) is 0. The zero-order chi connectivity index (χ0) is 21.5. The maximum atomic E-state index is 5.02. The van der Waals surface area contributed by atoms with Crippen LogP contribution < -0.4 is 0 Å². The van der Waals surface area contributed by atoms with Gasteiger partial charge in [0, 0.05) is 0 Å². The molecule has 0 spiro atoms. The first-order valence-corrected chi connectivity index (χ1v) is 13.7. The molecule has 156 valence electrons. The molecular weight excluding hydrogens is 470 g/mol. The number of benzene rings is 2. The van der Waals surface area contributed by atoms with Crippen LogP contribution in [0.1, 0.15) is 17.2 Å². The molecule has 1 nitrogen and oxygen atoms in total. The number of nitrogens with zero attached hydrogens (tertiary/aromatic N) is 1. The number of hydrogen-bond donors (Lipinski definition) is 0. The van der Waals surface area contributed by atoms with Crippen LogP contribution in [-0.4, -0.2) is 8.24 Å². The predicted molar refractivity (Wildman–Crippen MR) is 132 cm³/mol. The van der Waals surface area contributed by atoms with E-state index in [1.807, 2.05) is 88.5 Å². The maximum absolute atomic E-state index is 5.02. The van der Waals surface area contributed by atoms with Crippen molar-refractivity contribution in [1.82, 2.24) is 0 Å². The Kier molecular flexibility index (Phi) is 15.3. The molecule has 2 aromatic rings. The molecule has 0 amide bonds. The molecule has 31 heavy (non-hydrogen) atoms. The molecule has 1 unspecified atom stereocenters. The molecule has 3 heteroatoms. The average molecular weight is 501 g/mol. The van der Waals surface area contributed by atoms with Gasteiger partial charge < -0.3 is 4.98 Å². The van der Waals surface area contributed by atoms with Crippen LogP contribution in [0.5, 0.6) is 0 Å². The van der Waals surface area contributed by atoms with Crippen LogP contribution in [0.25, 0.3) is 4.98 Å². The first-order chi connectivity index (χ1) is 14.5. The van der Waals surface area contributed by atoms with Crippen molar-refractivity contribution >= 4 is 8.24 Å². The van der Waals surface area contributed by atoms with Crippen molar-refractivity contribution in [3.05, 3.63) is 153 Å². The Hall–Kier alpha value is -0.760. The second kappa shape index (κ2) is 16.8. The average Bonchev–Trinajstić information content (AvgIpc) is 3.51. The molecule has 4 rings (SSSR count). The molecule has 1 atom stereocenters. The quantitative estimate of drug-likeness (QED) is 0.300. The van der Waals surface area contributed by atoms with Crippen molar-refractivity contribution in [3.8, 4) is 0 Å². The van der Waals surface area contributed by atoms with Crippen LogP contribution in [0, 0.1) is 70.3 Å². The van der Waals surface area contributed by atoms with Gasteiger partial charge in [-0.25, -0.2) is 0 Å². The maximum Gasteiger partial charge on any atom is 2.00 e. The Morgan fingerprint density at radius 1 is 0.645 bits per heavy atom.